The highest BCUT2D eigenvalue weighted by Crippen LogP contribution is 2.39. The van der Waals surface area contributed by atoms with Crippen LogP contribution in [0.2, 0.25) is 0 Å². The quantitative estimate of drug-likeness (QED) is 0.613. The smallest absolute Gasteiger partial charge is 0.311 e. The van der Waals surface area contributed by atoms with Gasteiger partial charge in [0.1, 0.15) is 11.9 Å². The van der Waals surface area contributed by atoms with Gasteiger partial charge >= 0.3 is 11.7 Å². The number of nitrogens with one attached hydrogen (secondary N) is 1. The third-order valence-corrected chi connectivity index (χ3v) is 3.59. The molecule has 1 atom stereocenters. The molecule has 8 heteroatoms. The third-order valence-electron chi connectivity index (χ3n) is 2.99. The van der Waals surface area contributed by atoms with Gasteiger partial charge in [0.15, 0.2) is 0 Å². The second-order valence-electron chi connectivity index (χ2n) is 4.46. The van der Waals surface area contributed by atoms with E-state index in [-0.39, 0.29) is 29.8 Å². The lowest BCUT2D eigenvalue weighted by atomic mass is 10.1. The number of carboxylic acids is 1. The molecule has 1 saturated carbocycles. The van der Waals surface area contributed by atoms with Crippen molar-refractivity contribution in [3.05, 3.63) is 27.0 Å². The highest BCUT2D eigenvalue weighted by atomic mass is 79.9. The number of pyridine rings is 1. The molecule has 0 amide bonds. The number of aliphatic carboxylic acids is 1. The van der Waals surface area contributed by atoms with Crippen molar-refractivity contribution in [3.63, 3.8) is 0 Å². The summed E-state index contributed by atoms with van der Waals surface area (Å²) in [5, 5.41) is 22.8. The fraction of sp³-hybridized carbons (Fsp3) is 0.455. The molecular formula is C11H12BrN3O4. The lowest BCUT2D eigenvalue weighted by Crippen LogP contribution is -2.26. The van der Waals surface area contributed by atoms with Crippen LogP contribution in [0.3, 0.4) is 0 Å². The molecule has 7 nitrogen and oxygen atoms in total. The average Bonchev–Trinajstić information content (AvgIpc) is 3.13. The number of nitro groups is 1. The van der Waals surface area contributed by atoms with Gasteiger partial charge in [-0.15, -0.1) is 0 Å². The fourth-order valence-corrected chi connectivity index (χ4v) is 2.35. The lowest BCUT2D eigenvalue weighted by molar-refractivity contribution is -0.384. The van der Waals surface area contributed by atoms with Gasteiger partial charge in [-0.2, -0.15) is 0 Å². The molecule has 0 radical (unpaired) electrons. The van der Waals surface area contributed by atoms with Gasteiger partial charge in [-0.05, 0) is 34.7 Å². The van der Waals surface area contributed by atoms with Gasteiger partial charge in [0.2, 0.25) is 0 Å². The summed E-state index contributed by atoms with van der Waals surface area (Å²) in [4.78, 5) is 25.0. The van der Waals surface area contributed by atoms with E-state index in [0.717, 1.165) is 19.0 Å². The van der Waals surface area contributed by atoms with E-state index >= 15 is 0 Å². The summed E-state index contributed by atoms with van der Waals surface area (Å²) in [6.45, 7) is 0. The molecule has 1 aliphatic rings. The van der Waals surface area contributed by atoms with E-state index in [9.17, 15) is 14.9 Å². The molecule has 1 aromatic heterocycles. The minimum Gasteiger partial charge on any atom is -0.481 e. The highest BCUT2D eigenvalue weighted by molar-refractivity contribution is 9.10. The predicted octanol–water partition coefficient (Wildman–Crippen LogP) is 2.42. The fourth-order valence-electron chi connectivity index (χ4n) is 1.91. The zero-order valence-corrected chi connectivity index (χ0v) is 11.5. The molecule has 0 saturated heterocycles. The number of nitrogens with zero attached hydrogens (tertiary/aromatic N) is 2. The summed E-state index contributed by atoms with van der Waals surface area (Å²) in [6.07, 6.45) is 4.43. The minimum absolute atomic E-state index is 0.0589. The molecule has 1 aliphatic carbocycles. The zero-order valence-electron chi connectivity index (χ0n) is 9.88. The second kappa shape index (κ2) is 5.52. The zero-order chi connectivity index (χ0) is 14.0. The topological polar surface area (TPSA) is 105 Å². The molecular weight excluding hydrogens is 318 g/mol. The summed E-state index contributed by atoms with van der Waals surface area (Å²) >= 11 is 3.20. The Morgan fingerprint density at radius 2 is 2.32 bits per heavy atom. The molecule has 1 fully saturated rings. The van der Waals surface area contributed by atoms with Crippen LogP contribution in [0.4, 0.5) is 11.4 Å². The molecule has 0 aromatic carbocycles. The predicted molar refractivity (Wildman–Crippen MR) is 71.0 cm³/mol. The normalized spacial score (nSPS) is 15.8. The standard InChI is InChI=1S/C11H12BrN3O4/c12-7-4-13-5-9(15(18)19)11(7)14-8(3-10(16)17)6-1-2-6/h4-6,8H,1-3H2,(H,13,14)(H,16,17). The Bertz CT molecular complexity index is 519. The molecule has 102 valence electrons. The molecule has 1 unspecified atom stereocenters. The van der Waals surface area contributed by atoms with Gasteiger partial charge < -0.3 is 10.4 Å². The van der Waals surface area contributed by atoms with Crippen molar-refractivity contribution in [2.75, 3.05) is 5.32 Å². The number of halogens is 1. The summed E-state index contributed by atoms with van der Waals surface area (Å²) in [5.74, 6) is -0.659. The van der Waals surface area contributed by atoms with Crippen molar-refractivity contribution < 1.29 is 14.8 Å². The van der Waals surface area contributed by atoms with Gasteiger partial charge in [-0.25, -0.2) is 0 Å². The largest absolute Gasteiger partial charge is 0.481 e. The summed E-state index contributed by atoms with van der Waals surface area (Å²) in [7, 11) is 0. The van der Waals surface area contributed by atoms with Crippen LogP contribution >= 0.6 is 15.9 Å². The maximum absolute atomic E-state index is 11.0. The Balaban J connectivity index is 2.25. The van der Waals surface area contributed by atoms with Crippen molar-refractivity contribution in [2.24, 2.45) is 5.92 Å². The van der Waals surface area contributed by atoms with Gasteiger partial charge in [-0.3, -0.25) is 19.9 Å². The van der Waals surface area contributed by atoms with Gasteiger partial charge in [0.25, 0.3) is 0 Å². The third kappa shape index (κ3) is 3.40. The van der Waals surface area contributed by atoms with Crippen molar-refractivity contribution in [1.29, 1.82) is 0 Å². The van der Waals surface area contributed by atoms with E-state index in [2.05, 4.69) is 26.2 Å². The number of hydrogen-bond acceptors (Lipinski definition) is 5. The van der Waals surface area contributed by atoms with Crippen molar-refractivity contribution >= 4 is 33.3 Å². The van der Waals surface area contributed by atoms with E-state index in [4.69, 9.17) is 5.11 Å². The first kappa shape index (κ1) is 13.7. The van der Waals surface area contributed by atoms with Crippen LogP contribution in [0, 0.1) is 16.0 Å². The highest BCUT2D eigenvalue weighted by Gasteiger charge is 2.34. The molecule has 2 N–H and O–H groups in total. The first-order valence-electron chi connectivity index (χ1n) is 5.75. The first-order valence-corrected chi connectivity index (χ1v) is 6.54. The summed E-state index contributed by atoms with van der Waals surface area (Å²) in [6, 6.07) is -0.296. The average molecular weight is 330 g/mol. The molecule has 0 bridgehead atoms. The van der Waals surface area contributed by atoms with Crippen molar-refractivity contribution in [1.82, 2.24) is 4.98 Å². The molecule has 19 heavy (non-hydrogen) atoms. The number of carbonyl (C=O) groups is 1. The SMILES string of the molecule is O=C(O)CC(Nc1c(Br)cncc1[N+](=O)[O-])C1CC1. The van der Waals surface area contributed by atoms with Gasteiger partial charge in [0, 0.05) is 12.2 Å². The Labute approximate surface area is 117 Å². The van der Waals surface area contributed by atoms with Crippen molar-refractivity contribution in [3.8, 4) is 0 Å². The number of carboxylic acid groups (broad SMARTS) is 1. The maximum atomic E-state index is 11.0. The molecule has 1 heterocycles. The maximum Gasteiger partial charge on any atom is 0.311 e. The van der Waals surface area contributed by atoms with Crippen LogP contribution in [-0.2, 0) is 4.79 Å². The van der Waals surface area contributed by atoms with E-state index in [1.165, 1.54) is 6.20 Å². The Hall–Kier alpha value is -1.70. The van der Waals surface area contributed by atoms with E-state index in [1.54, 1.807) is 0 Å². The number of rotatable bonds is 6. The Kier molecular flexibility index (Phi) is 3.98. The molecule has 0 aliphatic heterocycles. The van der Waals surface area contributed by atoms with E-state index in [0.29, 0.717) is 4.47 Å². The van der Waals surface area contributed by atoms with Crippen molar-refractivity contribution in [2.45, 2.75) is 25.3 Å². The van der Waals surface area contributed by atoms with Crippen LogP contribution < -0.4 is 5.32 Å². The number of aromatic nitrogens is 1. The number of hydrogen-bond donors (Lipinski definition) is 2. The van der Waals surface area contributed by atoms with Crippen LogP contribution in [0.25, 0.3) is 0 Å². The van der Waals surface area contributed by atoms with E-state index < -0.39 is 10.9 Å². The Morgan fingerprint density at radius 3 is 2.84 bits per heavy atom. The van der Waals surface area contributed by atoms with Crippen LogP contribution in [0.5, 0.6) is 0 Å². The minimum atomic E-state index is -0.919. The lowest BCUT2D eigenvalue weighted by Gasteiger charge is -2.18. The monoisotopic (exact) mass is 329 g/mol. The van der Waals surface area contributed by atoms with Crippen LogP contribution in [-0.4, -0.2) is 27.0 Å². The van der Waals surface area contributed by atoms with E-state index in [1.807, 2.05) is 0 Å². The molecule has 2 rings (SSSR count). The summed E-state index contributed by atoms with van der Waals surface area (Å²) < 4.78 is 0.456. The van der Waals surface area contributed by atoms with Crippen LogP contribution in [0.15, 0.2) is 16.9 Å². The molecule has 0 spiro atoms. The second-order valence-corrected chi connectivity index (χ2v) is 5.31. The first-order chi connectivity index (χ1) is 8.99. The van der Waals surface area contributed by atoms with Gasteiger partial charge in [-0.1, -0.05) is 0 Å². The summed E-state index contributed by atoms with van der Waals surface area (Å²) in [5.41, 5.74) is 0.128. The molecule has 1 aromatic rings. The Morgan fingerprint density at radius 1 is 1.63 bits per heavy atom. The van der Waals surface area contributed by atoms with Crippen LogP contribution in [0.1, 0.15) is 19.3 Å². The van der Waals surface area contributed by atoms with Gasteiger partial charge in [0.05, 0.1) is 15.8 Å². The number of anilines is 1.